The third kappa shape index (κ3) is 3.50. The standard InChI is InChI=1S/C25H27NO6/c1-30-19-12-11-16(13-20(19)32-17-9-5-6-10-17)21-22(25(28)29)23(27)26-18(14-31-24(21)26)15-7-3-2-4-8-15/h2-4,7-8,11-13,17-18,21-22,24H,5-6,9-10,14H2,1H3,(H,28,29)/t18-,21+,22+,24-/m1/s1. The monoisotopic (exact) mass is 437 g/mol. The molecule has 1 amide bonds. The number of aliphatic carboxylic acids is 1. The van der Waals surface area contributed by atoms with Crippen LogP contribution in [0.15, 0.2) is 48.5 Å². The Labute approximate surface area is 186 Å². The Morgan fingerprint density at radius 1 is 1.06 bits per heavy atom. The summed E-state index contributed by atoms with van der Waals surface area (Å²) in [4.78, 5) is 27.1. The zero-order valence-corrected chi connectivity index (χ0v) is 18.0. The van der Waals surface area contributed by atoms with Crippen LogP contribution in [0.2, 0.25) is 0 Å². The summed E-state index contributed by atoms with van der Waals surface area (Å²) in [6.45, 7) is 0.338. The van der Waals surface area contributed by atoms with Crippen molar-refractivity contribution in [2.45, 2.75) is 50.0 Å². The number of carbonyl (C=O) groups is 2. The maximum atomic E-state index is 13.3. The number of hydrogen-bond acceptors (Lipinski definition) is 5. The fourth-order valence-corrected chi connectivity index (χ4v) is 5.29. The lowest BCUT2D eigenvalue weighted by molar-refractivity contribution is -0.148. The van der Waals surface area contributed by atoms with Gasteiger partial charge in [-0.3, -0.25) is 9.59 Å². The number of rotatable bonds is 6. The van der Waals surface area contributed by atoms with Gasteiger partial charge in [0.2, 0.25) is 5.91 Å². The molecule has 32 heavy (non-hydrogen) atoms. The molecule has 0 aromatic heterocycles. The molecule has 0 unspecified atom stereocenters. The van der Waals surface area contributed by atoms with E-state index in [1.165, 1.54) is 0 Å². The van der Waals surface area contributed by atoms with E-state index in [1.54, 1.807) is 18.1 Å². The molecule has 1 aliphatic carbocycles. The van der Waals surface area contributed by atoms with Crippen LogP contribution in [0.25, 0.3) is 0 Å². The molecular formula is C25H27NO6. The molecule has 5 rings (SSSR count). The Kier molecular flexibility index (Phi) is 5.51. The van der Waals surface area contributed by atoms with Gasteiger partial charge in [0.1, 0.15) is 12.1 Å². The molecule has 0 spiro atoms. The molecule has 2 heterocycles. The molecule has 1 saturated carbocycles. The van der Waals surface area contributed by atoms with Crippen LogP contribution in [0.1, 0.15) is 48.8 Å². The fourth-order valence-electron chi connectivity index (χ4n) is 5.29. The highest BCUT2D eigenvalue weighted by Crippen LogP contribution is 2.49. The minimum Gasteiger partial charge on any atom is -0.493 e. The fraction of sp³-hybridized carbons (Fsp3) is 0.440. The maximum Gasteiger partial charge on any atom is 0.316 e. The molecule has 0 bridgehead atoms. The van der Waals surface area contributed by atoms with Crippen molar-refractivity contribution >= 4 is 11.9 Å². The number of amides is 1. The molecule has 7 nitrogen and oxygen atoms in total. The SMILES string of the molecule is COc1ccc([C@H]2[C@H](C(=O)O)C(=O)N3[C@@H](c4ccccc4)CO[C@H]23)cc1OC1CCCC1. The van der Waals surface area contributed by atoms with Crippen molar-refractivity contribution in [1.82, 2.24) is 4.90 Å². The smallest absolute Gasteiger partial charge is 0.316 e. The lowest BCUT2D eigenvalue weighted by atomic mass is 9.87. The summed E-state index contributed by atoms with van der Waals surface area (Å²) in [6.07, 6.45) is 3.74. The number of carboxylic acid groups (broad SMARTS) is 1. The number of benzene rings is 2. The molecule has 2 aromatic rings. The molecule has 4 atom stereocenters. The number of methoxy groups -OCH3 is 1. The summed E-state index contributed by atoms with van der Waals surface area (Å²) in [7, 11) is 1.59. The van der Waals surface area contributed by atoms with Crippen LogP contribution in [-0.2, 0) is 14.3 Å². The number of hydrogen-bond donors (Lipinski definition) is 1. The minimum absolute atomic E-state index is 0.126. The van der Waals surface area contributed by atoms with Crippen molar-refractivity contribution in [2.75, 3.05) is 13.7 Å². The van der Waals surface area contributed by atoms with E-state index in [2.05, 4.69) is 0 Å². The Morgan fingerprint density at radius 3 is 2.50 bits per heavy atom. The highest BCUT2D eigenvalue weighted by molar-refractivity contribution is 6.00. The largest absolute Gasteiger partial charge is 0.493 e. The van der Waals surface area contributed by atoms with E-state index in [9.17, 15) is 14.7 Å². The van der Waals surface area contributed by atoms with Gasteiger partial charge in [-0.2, -0.15) is 0 Å². The molecule has 7 heteroatoms. The van der Waals surface area contributed by atoms with Gasteiger partial charge in [-0.15, -0.1) is 0 Å². The molecule has 2 saturated heterocycles. The van der Waals surface area contributed by atoms with Gasteiger partial charge in [0.25, 0.3) is 0 Å². The summed E-state index contributed by atoms with van der Waals surface area (Å²) in [6, 6.07) is 14.7. The van der Waals surface area contributed by atoms with Crippen LogP contribution in [0.3, 0.4) is 0 Å². The highest BCUT2D eigenvalue weighted by Gasteiger charge is 2.58. The van der Waals surface area contributed by atoms with Crippen LogP contribution in [-0.4, -0.2) is 47.9 Å². The van der Waals surface area contributed by atoms with Crippen LogP contribution in [0.5, 0.6) is 11.5 Å². The first-order valence-corrected chi connectivity index (χ1v) is 11.1. The topological polar surface area (TPSA) is 85.3 Å². The number of fused-ring (bicyclic) bond motifs is 1. The molecular weight excluding hydrogens is 410 g/mol. The summed E-state index contributed by atoms with van der Waals surface area (Å²) in [5.41, 5.74) is 1.65. The number of carbonyl (C=O) groups excluding carboxylic acids is 1. The van der Waals surface area contributed by atoms with Gasteiger partial charge in [-0.05, 0) is 48.9 Å². The van der Waals surface area contributed by atoms with Crippen molar-refractivity contribution in [1.29, 1.82) is 0 Å². The maximum absolute atomic E-state index is 13.3. The van der Waals surface area contributed by atoms with Gasteiger partial charge in [0.05, 0.1) is 31.8 Å². The number of nitrogens with zero attached hydrogens (tertiary/aromatic N) is 1. The summed E-state index contributed by atoms with van der Waals surface area (Å²) in [5, 5.41) is 9.97. The Morgan fingerprint density at radius 2 is 1.81 bits per heavy atom. The second-order valence-electron chi connectivity index (χ2n) is 8.67. The van der Waals surface area contributed by atoms with Gasteiger partial charge < -0.3 is 24.2 Å². The molecule has 0 radical (unpaired) electrons. The second kappa shape index (κ2) is 8.47. The van der Waals surface area contributed by atoms with Crippen molar-refractivity contribution in [2.24, 2.45) is 5.92 Å². The first-order chi connectivity index (χ1) is 15.6. The van der Waals surface area contributed by atoms with Crippen molar-refractivity contribution < 1.29 is 28.9 Å². The van der Waals surface area contributed by atoms with Gasteiger partial charge in [0, 0.05) is 0 Å². The van der Waals surface area contributed by atoms with E-state index in [1.807, 2.05) is 42.5 Å². The zero-order valence-electron chi connectivity index (χ0n) is 18.0. The van der Waals surface area contributed by atoms with Crippen LogP contribution in [0.4, 0.5) is 0 Å². The van der Waals surface area contributed by atoms with Gasteiger partial charge in [-0.25, -0.2) is 0 Å². The highest BCUT2D eigenvalue weighted by atomic mass is 16.5. The van der Waals surface area contributed by atoms with E-state index >= 15 is 0 Å². The predicted octanol–water partition coefficient (Wildman–Crippen LogP) is 3.74. The zero-order chi connectivity index (χ0) is 22.2. The first kappa shape index (κ1) is 20.8. The van der Waals surface area contributed by atoms with Crippen molar-refractivity contribution in [3.63, 3.8) is 0 Å². The van der Waals surface area contributed by atoms with E-state index in [0.717, 1.165) is 31.2 Å². The molecule has 1 N–H and O–H groups in total. The lowest BCUT2D eigenvalue weighted by Gasteiger charge is -2.24. The normalized spacial score (nSPS) is 27.5. The molecule has 2 aliphatic heterocycles. The molecule has 3 aliphatic rings. The Bertz CT molecular complexity index is 1000. The minimum atomic E-state index is -1.21. The van der Waals surface area contributed by atoms with Crippen LogP contribution in [0, 0.1) is 5.92 Å². The van der Waals surface area contributed by atoms with Crippen molar-refractivity contribution in [3.05, 3.63) is 59.7 Å². The summed E-state index contributed by atoms with van der Waals surface area (Å²) >= 11 is 0. The molecule has 2 aromatic carbocycles. The van der Waals surface area contributed by atoms with E-state index in [4.69, 9.17) is 14.2 Å². The second-order valence-corrected chi connectivity index (χ2v) is 8.67. The van der Waals surface area contributed by atoms with Gasteiger partial charge in [-0.1, -0.05) is 36.4 Å². The molecule has 3 fully saturated rings. The van der Waals surface area contributed by atoms with E-state index in [-0.39, 0.29) is 12.1 Å². The third-order valence-corrected chi connectivity index (χ3v) is 6.84. The van der Waals surface area contributed by atoms with Gasteiger partial charge >= 0.3 is 5.97 Å². The van der Waals surface area contributed by atoms with Crippen molar-refractivity contribution in [3.8, 4) is 11.5 Å². The van der Waals surface area contributed by atoms with E-state index in [0.29, 0.717) is 23.7 Å². The number of carboxylic acids is 1. The Balaban J connectivity index is 1.50. The number of ether oxygens (including phenoxy) is 3. The Hall–Kier alpha value is -3.06. The van der Waals surface area contributed by atoms with E-state index < -0.39 is 29.9 Å². The molecule has 168 valence electrons. The average Bonchev–Trinajstić information content (AvgIpc) is 3.52. The van der Waals surface area contributed by atoms with Crippen LogP contribution >= 0.6 is 0 Å². The lowest BCUT2D eigenvalue weighted by Crippen LogP contribution is -2.33. The third-order valence-electron chi connectivity index (χ3n) is 6.84. The van der Waals surface area contributed by atoms with Crippen LogP contribution < -0.4 is 9.47 Å². The average molecular weight is 437 g/mol. The predicted molar refractivity (Wildman–Crippen MR) is 116 cm³/mol. The van der Waals surface area contributed by atoms with Gasteiger partial charge in [0.15, 0.2) is 11.5 Å². The summed E-state index contributed by atoms with van der Waals surface area (Å²) < 4.78 is 17.8. The summed E-state index contributed by atoms with van der Waals surface area (Å²) in [5.74, 6) is -2.20. The first-order valence-electron chi connectivity index (χ1n) is 11.1. The quantitative estimate of drug-likeness (QED) is 0.693.